The van der Waals surface area contributed by atoms with Crippen molar-refractivity contribution in [2.45, 2.75) is 5.37 Å². The molecule has 0 radical (unpaired) electrons. The van der Waals surface area contributed by atoms with Crippen molar-refractivity contribution in [1.82, 2.24) is 0 Å². The van der Waals surface area contributed by atoms with Gasteiger partial charge >= 0.3 is 5.97 Å². The summed E-state index contributed by atoms with van der Waals surface area (Å²) in [6.07, 6.45) is 0. The number of amides is 2. The van der Waals surface area contributed by atoms with Crippen molar-refractivity contribution in [3.8, 4) is 0 Å². The zero-order chi connectivity index (χ0) is 17.1. The van der Waals surface area contributed by atoms with Gasteiger partial charge in [-0.15, -0.1) is 0 Å². The van der Waals surface area contributed by atoms with Gasteiger partial charge in [0.1, 0.15) is 0 Å². The van der Waals surface area contributed by atoms with E-state index < -0.39 is 11.3 Å². The smallest absolute Gasteiger partial charge is 0.337 e. The first-order chi connectivity index (χ1) is 11.6. The predicted molar refractivity (Wildman–Crippen MR) is 92.1 cm³/mol. The van der Waals surface area contributed by atoms with Crippen LogP contribution in [0.25, 0.3) is 0 Å². The first-order valence-corrected chi connectivity index (χ1v) is 8.02. The molecule has 24 heavy (non-hydrogen) atoms. The molecule has 0 aromatic heterocycles. The normalized spacial score (nSPS) is 17.0. The second-order valence-electron chi connectivity index (χ2n) is 4.99. The number of benzene rings is 2. The van der Waals surface area contributed by atoms with Crippen molar-refractivity contribution in [2.24, 2.45) is 0 Å². The number of anilines is 2. The number of esters is 1. The number of hydrogen-bond donors (Lipinski definition) is 1. The lowest BCUT2D eigenvalue weighted by Gasteiger charge is -2.14. The molecule has 3 rings (SSSR count). The molecule has 2 aromatic carbocycles. The predicted octanol–water partition coefficient (Wildman–Crippen LogP) is 3.11. The van der Waals surface area contributed by atoms with Crippen LogP contribution in [0.2, 0.25) is 0 Å². The van der Waals surface area contributed by atoms with E-state index in [1.165, 1.54) is 7.11 Å². The van der Waals surface area contributed by atoms with E-state index in [4.69, 9.17) is 0 Å². The summed E-state index contributed by atoms with van der Waals surface area (Å²) in [5, 5.41) is 1.97. The summed E-state index contributed by atoms with van der Waals surface area (Å²) in [5.74, 6) is -0.758. The van der Waals surface area contributed by atoms with Crippen LogP contribution < -0.4 is 10.2 Å². The Morgan fingerprint density at radius 1 is 1.08 bits per heavy atom. The van der Waals surface area contributed by atoms with Gasteiger partial charge in [-0.25, -0.2) is 9.69 Å². The zero-order valence-corrected chi connectivity index (χ0v) is 13.6. The number of para-hydroxylation sites is 1. The fraction of sp³-hybridized carbons (Fsp3) is 0.118. The lowest BCUT2D eigenvalue weighted by molar-refractivity contribution is -0.116. The minimum absolute atomic E-state index is 0.324. The monoisotopic (exact) mass is 342 g/mol. The first-order valence-electron chi connectivity index (χ1n) is 7.14. The molecule has 0 aliphatic carbocycles. The summed E-state index contributed by atoms with van der Waals surface area (Å²) < 4.78 is 4.63. The minimum atomic E-state index is -0.707. The molecule has 2 amide bonds. The Balaban J connectivity index is 1.74. The summed E-state index contributed by atoms with van der Waals surface area (Å²) in [6, 6.07) is 15.3. The molecule has 1 fully saturated rings. The van der Waals surface area contributed by atoms with Crippen molar-refractivity contribution in [3.05, 3.63) is 60.2 Å². The van der Waals surface area contributed by atoms with E-state index in [2.05, 4.69) is 10.1 Å². The highest BCUT2D eigenvalue weighted by Crippen LogP contribution is 2.32. The van der Waals surface area contributed by atoms with E-state index in [1.54, 1.807) is 48.5 Å². The van der Waals surface area contributed by atoms with Crippen LogP contribution in [0.4, 0.5) is 16.2 Å². The van der Waals surface area contributed by atoms with Crippen molar-refractivity contribution < 1.29 is 19.1 Å². The number of nitrogens with one attached hydrogen (secondary N) is 1. The fourth-order valence-electron chi connectivity index (χ4n) is 2.28. The molecule has 0 bridgehead atoms. The summed E-state index contributed by atoms with van der Waals surface area (Å²) in [5.41, 5.74) is 1.59. The number of methoxy groups -OCH3 is 1. The third kappa shape index (κ3) is 3.11. The number of carbonyl (C=O) groups excluding carboxylic acids is 3. The Kier molecular flexibility index (Phi) is 4.52. The molecule has 0 spiro atoms. The number of ether oxygens (including phenoxy) is 1. The van der Waals surface area contributed by atoms with Gasteiger partial charge in [-0.3, -0.25) is 9.59 Å². The SMILES string of the molecule is COC(=O)c1ccc(N[C@@H]2SC(=O)N(c3ccccc3)C2=O)cc1. The van der Waals surface area contributed by atoms with E-state index in [9.17, 15) is 14.4 Å². The molecule has 0 saturated carbocycles. The van der Waals surface area contributed by atoms with Crippen LogP contribution in [0.3, 0.4) is 0 Å². The molecule has 1 saturated heterocycles. The minimum Gasteiger partial charge on any atom is -0.465 e. The molecule has 6 nitrogen and oxygen atoms in total. The van der Waals surface area contributed by atoms with Crippen LogP contribution >= 0.6 is 11.8 Å². The summed E-state index contributed by atoms with van der Waals surface area (Å²) >= 11 is 0.921. The van der Waals surface area contributed by atoms with Crippen LogP contribution in [-0.4, -0.2) is 29.6 Å². The Morgan fingerprint density at radius 3 is 2.38 bits per heavy atom. The maximum absolute atomic E-state index is 12.5. The third-order valence-electron chi connectivity index (χ3n) is 3.46. The molecule has 0 unspecified atom stereocenters. The first kappa shape index (κ1) is 16.1. The van der Waals surface area contributed by atoms with E-state index in [0.29, 0.717) is 16.9 Å². The quantitative estimate of drug-likeness (QED) is 0.861. The lowest BCUT2D eigenvalue weighted by atomic mass is 10.2. The lowest BCUT2D eigenvalue weighted by Crippen LogP contribution is -2.34. The third-order valence-corrected chi connectivity index (χ3v) is 4.40. The number of imide groups is 1. The van der Waals surface area contributed by atoms with E-state index in [-0.39, 0.29) is 11.1 Å². The highest BCUT2D eigenvalue weighted by Gasteiger charge is 2.40. The topological polar surface area (TPSA) is 75.7 Å². The van der Waals surface area contributed by atoms with Gasteiger partial charge < -0.3 is 10.1 Å². The highest BCUT2D eigenvalue weighted by atomic mass is 32.2. The summed E-state index contributed by atoms with van der Waals surface area (Å²) in [6.45, 7) is 0. The second kappa shape index (κ2) is 6.76. The molecule has 1 aliphatic rings. The molecule has 2 aromatic rings. The second-order valence-corrected chi connectivity index (χ2v) is 6.04. The Hall–Kier alpha value is -2.80. The summed E-state index contributed by atoms with van der Waals surface area (Å²) in [7, 11) is 1.31. The molecule has 7 heteroatoms. The van der Waals surface area contributed by atoms with E-state index in [0.717, 1.165) is 16.7 Å². The zero-order valence-electron chi connectivity index (χ0n) is 12.8. The molecule has 1 heterocycles. The van der Waals surface area contributed by atoms with Gasteiger partial charge in [-0.1, -0.05) is 18.2 Å². The largest absolute Gasteiger partial charge is 0.465 e. The van der Waals surface area contributed by atoms with Crippen molar-refractivity contribution in [2.75, 3.05) is 17.3 Å². The van der Waals surface area contributed by atoms with Gasteiger partial charge in [0.25, 0.3) is 11.1 Å². The molecule has 1 atom stereocenters. The van der Waals surface area contributed by atoms with Crippen LogP contribution in [0.5, 0.6) is 0 Å². The maximum Gasteiger partial charge on any atom is 0.337 e. The molecular formula is C17H14N2O4S. The van der Waals surface area contributed by atoms with E-state index >= 15 is 0 Å². The number of hydrogen-bond acceptors (Lipinski definition) is 6. The Bertz CT molecular complexity index is 777. The molecule has 1 N–H and O–H groups in total. The van der Waals surface area contributed by atoms with Gasteiger partial charge in [0.2, 0.25) is 0 Å². The van der Waals surface area contributed by atoms with Crippen LogP contribution in [0, 0.1) is 0 Å². The average Bonchev–Trinajstić information content (AvgIpc) is 2.89. The van der Waals surface area contributed by atoms with Crippen LogP contribution in [-0.2, 0) is 9.53 Å². The van der Waals surface area contributed by atoms with Crippen LogP contribution in [0.1, 0.15) is 10.4 Å². The van der Waals surface area contributed by atoms with Gasteiger partial charge in [-0.2, -0.15) is 0 Å². The highest BCUT2D eigenvalue weighted by molar-refractivity contribution is 8.16. The van der Waals surface area contributed by atoms with Gasteiger partial charge in [0.15, 0.2) is 5.37 Å². The number of rotatable bonds is 4. The van der Waals surface area contributed by atoms with Crippen LogP contribution in [0.15, 0.2) is 54.6 Å². The maximum atomic E-state index is 12.5. The number of carbonyl (C=O) groups is 3. The Labute approximate surface area is 142 Å². The molecular weight excluding hydrogens is 328 g/mol. The number of nitrogens with zero attached hydrogens (tertiary/aromatic N) is 1. The molecule has 122 valence electrons. The standard InChI is InChI=1S/C17H14N2O4S/c1-23-16(21)11-7-9-12(10-8-11)18-14-15(20)19(17(22)24-14)13-5-3-2-4-6-13/h2-10,14,18H,1H3/t14-/m1/s1. The van der Waals surface area contributed by atoms with Gasteiger partial charge in [0.05, 0.1) is 18.4 Å². The average molecular weight is 342 g/mol. The van der Waals surface area contributed by atoms with Crippen molar-refractivity contribution in [3.63, 3.8) is 0 Å². The van der Waals surface area contributed by atoms with Gasteiger partial charge in [-0.05, 0) is 48.2 Å². The van der Waals surface area contributed by atoms with Crippen molar-refractivity contribution >= 4 is 40.3 Å². The van der Waals surface area contributed by atoms with Crippen molar-refractivity contribution in [1.29, 1.82) is 0 Å². The number of thioether (sulfide) groups is 1. The Morgan fingerprint density at radius 2 is 1.75 bits per heavy atom. The van der Waals surface area contributed by atoms with E-state index in [1.807, 2.05) is 6.07 Å². The molecule has 1 aliphatic heterocycles. The van der Waals surface area contributed by atoms with Gasteiger partial charge in [0, 0.05) is 5.69 Å². The fourth-order valence-corrected chi connectivity index (χ4v) is 3.19. The summed E-state index contributed by atoms with van der Waals surface area (Å²) in [4.78, 5) is 37.2.